The molecule has 0 aliphatic rings. The maximum absolute atomic E-state index is 11.9. The number of rotatable bonds is 11. The monoisotopic (exact) mass is 512 g/mol. The van der Waals surface area contributed by atoms with Crippen LogP contribution in [-0.4, -0.2) is 42.5 Å². The lowest BCUT2D eigenvalue weighted by Gasteiger charge is -2.27. The number of ether oxygens (including phenoxy) is 2. The molecule has 184 valence electrons. The summed E-state index contributed by atoms with van der Waals surface area (Å²) in [6.45, 7) is 6.59. The van der Waals surface area contributed by atoms with Crippen molar-refractivity contribution in [3.05, 3.63) is 74.9 Å². The first-order valence-electron chi connectivity index (χ1n) is 11.3. The number of thiophene rings is 1. The summed E-state index contributed by atoms with van der Waals surface area (Å²) in [6, 6.07) is 18.3. The molecule has 0 aliphatic carbocycles. The van der Waals surface area contributed by atoms with E-state index in [4.69, 9.17) is 21.1 Å². The number of esters is 1. The third-order valence-electron chi connectivity index (χ3n) is 5.32. The van der Waals surface area contributed by atoms with Crippen molar-refractivity contribution in [2.24, 2.45) is 0 Å². The van der Waals surface area contributed by atoms with Gasteiger partial charge < -0.3 is 19.9 Å². The molecule has 0 spiro atoms. The van der Waals surface area contributed by atoms with E-state index in [0.29, 0.717) is 30.0 Å². The number of halogens is 1. The molecule has 3 rings (SSSR count). The molecule has 2 aromatic carbocycles. The number of nitrogens with zero attached hydrogens (tertiary/aromatic N) is 1. The van der Waals surface area contributed by atoms with E-state index in [1.165, 1.54) is 4.88 Å². The van der Waals surface area contributed by atoms with Gasteiger partial charge in [-0.25, -0.2) is 4.79 Å². The number of carbonyl (C=O) groups excluding carboxylic acids is 1. The maximum Gasteiger partial charge on any atom is 0.338 e. The summed E-state index contributed by atoms with van der Waals surface area (Å²) in [4.78, 5) is 13.0. The number of benzene rings is 2. The molecule has 1 heterocycles. The number of hydrogen-bond acceptors (Lipinski definition) is 7. The van der Waals surface area contributed by atoms with Crippen LogP contribution in [-0.2, 0) is 11.2 Å². The van der Waals surface area contributed by atoms with Crippen LogP contribution in [0, 0.1) is 11.3 Å². The Balaban J connectivity index is 1.60. The Labute approximate surface area is 215 Å². The molecule has 2 N–H and O–H groups in total. The van der Waals surface area contributed by atoms with E-state index in [2.05, 4.69) is 25.2 Å². The largest absolute Gasteiger partial charge is 0.489 e. The van der Waals surface area contributed by atoms with Gasteiger partial charge in [0.25, 0.3) is 0 Å². The average molecular weight is 513 g/mol. The fourth-order valence-corrected chi connectivity index (χ4v) is 4.83. The van der Waals surface area contributed by atoms with E-state index in [1.54, 1.807) is 42.5 Å². The fraction of sp³-hybridized carbons (Fsp3) is 0.333. The predicted octanol–water partition coefficient (Wildman–Crippen LogP) is 5.47. The van der Waals surface area contributed by atoms with Crippen LogP contribution in [0.2, 0.25) is 4.34 Å². The van der Waals surface area contributed by atoms with Crippen molar-refractivity contribution in [3.8, 4) is 22.9 Å². The highest BCUT2D eigenvalue weighted by atomic mass is 35.5. The minimum absolute atomic E-state index is 0.0356. The van der Waals surface area contributed by atoms with Crippen molar-refractivity contribution < 1.29 is 19.4 Å². The number of carbonyl (C=O) groups is 1. The molecule has 35 heavy (non-hydrogen) atoms. The molecule has 0 aliphatic heterocycles. The summed E-state index contributed by atoms with van der Waals surface area (Å²) in [7, 11) is 0. The lowest BCUT2D eigenvalue weighted by atomic mass is 9.99. The van der Waals surface area contributed by atoms with Gasteiger partial charge in [-0.05, 0) is 74.7 Å². The van der Waals surface area contributed by atoms with Crippen LogP contribution >= 0.6 is 22.9 Å². The van der Waals surface area contributed by atoms with Crippen LogP contribution < -0.4 is 10.1 Å². The zero-order valence-electron chi connectivity index (χ0n) is 20.0. The molecule has 0 radical (unpaired) electrons. The second kappa shape index (κ2) is 12.2. The second-order valence-corrected chi connectivity index (χ2v) is 10.5. The number of nitriles is 1. The van der Waals surface area contributed by atoms with Crippen LogP contribution in [0.3, 0.4) is 0 Å². The summed E-state index contributed by atoms with van der Waals surface area (Å²) >= 11 is 7.57. The van der Waals surface area contributed by atoms with Gasteiger partial charge in [0.15, 0.2) is 0 Å². The van der Waals surface area contributed by atoms with Crippen molar-refractivity contribution in [2.45, 2.75) is 38.8 Å². The third kappa shape index (κ3) is 7.81. The molecule has 1 atom stereocenters. The van der Waals surface area contributed by atoms with Crippen LogP contribution in [0.25, 0.3) is 11.1 Å². The zero-order chi connectivity index (χ0) is 25.4. The van der Waals surface area contributed by atoms with Crippen molar-refractivity contribution in [1.29, 1.82) is 5.26 Å². The van der Waals surface area contributed by atoms with Gasteiger partial charge in [-0.15, -0.1) is 11.3 Å². The molecule has 0 saturated carbocycles. The van der Waals surface area contributed by atoms with Crippen molar-refractivity contribution in [1.82, 2.24) is 5.32 Å². The number of aliphatic hydroxyl groups excluding tert-OH is 1. The molecule has 1 aromatic heterocycles. The van der Waals surface area contributed by atoms with E-state index in [1.807, 2.05) is 30.3 Å². The first-order valence-corrected chi connectivity index (χ1v) is 12.5. The fourth-order valence-electron chi connectivity index (χ4n) is 3.51. The second-order valence-electron chi connectivity index (χ2n) is 8.73. The van der Waals surface area contributed by atoms with Gasteiger partial charge in [-0.3, -0.25) is 0 Å². The SMILES string of the molecule is CCOC(=O)c1ccc(-c2ccc(C#N)c(OC[C@@H](O)CNC(C)(C)Cc3ccc(Cl)s3)c2)cc1. The zero-order valence-corrected chi connectivity index (χ0v) is 21.6. The van der Waals surface area contributed by atoms with Crippen LogP contribution in [0.4, 0.5) is 0 Å². The van der Waals surface area contributed by atoms with E-state index < -0.39 is 6.10 Å². The van der Waals surface area contributed by atoms with Crippen molar-refractivity contribution >= 4 is 28.9 Å². The molecule has 0 saturated heterocycles. The molecule has 0 unspecified atom stereocenters. The molecular formula is C27H29ClN2O4S. The van der Waals surface area contributed by atoms with Gasteiger partial charge in [0.1, 0.15) is 24.5 Å². The molecule has 6 nitrogen and oxygen atoms in total. The lowest BCUT2D eigenvalue weighted by molar-refractivity contribution is 0.0526. The number of β-amino-alcohol motifs (C(OH)–C–C–N with tert-alkyl or cyclic N) is 1. The number of aliphatic hydroxyl groups is 1. The van der Waals surface area contributed by atoms with Gasteiger partial charge in [-0.1, -0.05) is 29.8 Å². The van der Waals surface area contributed by atoms with Gasteiger partial charge in [0.05, 0.1) is 22.1 Å². The Hall–Kier alpha value is -2.89. The van der Waals surface area contributed by atoms with Crippen LogP contribution in [0.15, 0.2) is 54.6 Å². The van der Waals surface area contributed by atoms with Gasteiger partial charge in [0.2, 0.25) is 0 Å². The average Bonchev–Trinajstić information content (AvgIpc) is 3.25. The Morgan fingerprint density at radius 3 is 2.51 bits per heavy atom. The summed E-state index contributed by atoms with van der Waals surface area (Å²) < 4.78 is 11.6. The first kappa shape index (κ1) is 26.7. The summed E-state index contributed by atoms with van der Waals surface area (Å²) in [5.74, 6) is 0.0267. The molecular weight excluding hydrogens is 484 g/mol. The minimum atomic E-state index is -0.764. The Morgan fingerprint density at radius 1 is 1.17 bits per heavy atom. The van der Waals surface area contributed by atoms with Gasteiger partial charge in [-0.2, -0.15) is 5.26 Å². The molecule has 3 aromatic rings. The maximum atomic E-state index is 11.9. The molecule has 0 fully saturated rings. The van der Waals surface area contributed by atoms with E-state index in [-0.39, 0.29) is 18.1 Å². The quantitative estimate of drug-likeness (QED) is 0.331. The summed E-state index contributed by atoms with van der Waals surface area (Å²) in [6.07, 6.45) is 0.0216. The normalized spacial score (nSPS) is 12.1. The van der Waals surface area contributed by atoms with Crippen LogP contribution in [0.5, 0.6) is 5.75 Å². The van der Waals surface area contributed by atoms with E-state index in [9.17, 15) is 15.2 Å². The van der Waals surface area contributed by atoms with Crippen LogP contribution in [0.1, 0.15) is 41.6 Å². The van der Waals surface area contributed by atoms with Crippen molar-refractivity contribution in [3.63, 3.8) is 0 Å². The summed E-state index contributed by atoms with van der Waals surface area (Å²) in [5, 5.41) is 23.3. The number of hydrogen-bond donors (Lipinski definition) is 2. The highest BCUT2D eigenvalue weighted by Gasteiger charge is 2.21. The van der Waals surface area contributed by atoms with Gasteiger partial charge in [0, 0.05) is 17.0 Å². The molecule has 8 heteroatoms. The number of nitrogens with one attached hydrogen (secondary N) is 1. The highest BCUT2D eigenvalue weighted by Crippen LogP contribution is 2.28. The Morgan fingerprint density at radius 2 is 1.89 bits per heavy atom. The molecule has 0 amide bonds. The standard InChI is InChI=1S/C27H29ClN2O4S/c1-4-33-26(32)19-7-5-18(6-8-19)20-9-10-21(15-29)24(13-20)34-17-22(31)16-30-27(2,3)14-23-11-12-25(28)35-23/h5-13,22,30-31H,4,14,16-17H2,1-3H3/t22-/m0/s1. The Bertz CT molecular complexity index is 1180. The van der Waals surface area contributed by atoms with E-state index >= 15 is 0 Å². The van der Waals surface area contributed by atoms with Crippen molar-refractivity contribution in [2.75, 3.05) is 19.8 Å². The predicted molar refractivity (Wildman–Crippen MR) is 139 cm³/mol. The molecule has 0 bridgehead atoms. The third-order valence-corrected chi connectivity index (χ3v) is 6.56. The van der Waals surface area contributed by atoms with Gasteiger partial charge >= 0.3 is 5.97 Å². The smallest absolute Gasteiger partial charge is 0.338 e. The topological polar surface area (TPSA) is 91.6 Å². The first-order chi connectivity index (χ1) is 16.7. The summed E-state index contributed by atoms with van der Waals surface area (Å²) in [5.41, 5.74) is 2.32. The van der Waals surface area contributed by atoms with E-state index in [0.717, 1.165) is 21.9 Å². The lowest BCUT2D eigenvalue weighted by Crippen LogP contribution is -2.46. The Kier molecular flexibility index (Phi) is 9.30. The minimum Gasteiger partial charge on any atom is -0.489 e. The highest BCUT2D eigenvalue weighted by molar-refractivity contribution is 7.16.